The van der Waals surface area contributed by atoms with Crippen LogP contribution in [0, 0.1) is 0 Å². The van der Waals surface area contributed by atoms with Gasteiger partial charge in [0, 0.05) is 0 Å². The lowest BCUT2D eigenvalue weighted by atomic mass is 9.68. The Labute approximate surface area is 181 Å². The molecule has 154 valence electrons. The van der Waals surface area contributed by atoms with Crippen LogP contribution in [0.5, 0.6) is 0 Å². The summed E-state index contributed by atoms with van der Waals surface area (Å²) < 4.78 is 0. The lowest BCUT2D eigenvalue weighted by molar-refractivity contribution is -0.142. The molecule has 0 heterocycles. The molecule has 0 aliphatic heterocycles. The van der Waals surface area contributed by atoms with E-state index in [0.29, 0.717) is 12.2 Å². The van der Waals surface area contributed by atoms with Crippen LogP contribution in [0.25, 0.3) is 0 Å². The van der Waals surface area contributed by atoms with Gasteiger partial charge in [-0.05, 0) is 35.1 Å². The Morgan fingerprint density at radius 2 is 1.23 bits per heavy atom. The van der Waals surface area contributed by atoms with Crippen LogP contribution < -0.4 is 5.32 Å². The van der Waals surface area contributed by atoms with Gasteiger partial charge in [0.15, 0.2) is 0 Å². The van der Waals surface area contributed by atoms with Crippen LogP contribution in [0.1, 0.15) is 23.1 Å². The van der Waals surface area contributed by atoms with Crippen LogP contribution in [-0.2, 0) is 15.0 Å². The maximum Gasteiger partial charge on any atom is 0.326 e. The zero-order valence-electron chi connectivity index (χ0n) is 16.8. The molecule has 0 spiro atoms. The van der Waals surface area contributed by atoms with E-state index >= 15 is 0 Å². The van der Waals surface area contributed by atoms with Crippen molar-refractivity contribution in [2.45, 2.75) is 17.9 Å². The Bertz CT molecular complexity index is 865. The fourth-order valence-corrected chi connectivity index (χ4v) is 4.19. The van der Waals surface area contributed by atoms with Gasteiger partial charge >= 0.3 is 5.97 Å². The third kappa shape index (κ3) is 4.41. The molecule has 0 fully saturated rings. The van der Waals surface area contributed by atoms with E-state index in [0.717, 1.165) is 16.7 Å². The first-order chi connectivity index (χ1) is 14.6. The van der Waals surface area contributed by atoms with Crippen molar-refractivity contribution in [3.05, 3.63) is 108 Å². The van der Waals surface area contributed by atoms with Gasteiger partial charge in [-0.25, -0.2) is 4.79 Å². The first-order valence-corrected chi connectivity index (χ1v) is 11.2. The molecule has 0 unspecified atom stereocenters. The Hall–Kier alpha value is -3.05. The highest BCUT2D eigenvalue weighted by molar-refractivity contribution is 7.98. The average molecular weight is 420 g/mol. The second kappa shape index (κ2) is 10.1. The largest absolute Gasteiger partial charge is 0.480 e. The minimum atomic E-state index is -1.17. The molecular formula is C25H25NO3S. The van der Waals surface area contributed by atoms with E-state index in [2.05, 4.69) is 5.32 Å². The predicted molar refractivity (Wildman–Crippen MR) is 122 cm³/mol. The lowest BCUT2D eigenvalue weighted by Gasteiger charge is -2.35. The first-order valence-electron chi connectivity index (χ1n) is 9.80. The van der Waals surface area contributed by atoms with Gasteiger partial charge in [-0.1, -0.05) is 91.0 Å². The molecule has 5 heteroatoms. The SMILES string of the molecule is CSCC[C@H](NC(=O)C(c1ccccc1)(c1ccccc1)c1ccccc1)C(=O)O. The molecule has 3 aromatic rings. The molecule has 0 radical (unpaired) electrons. The van der Waals surface area contributed by atoms with Crippen LogP contribution in [0.15, 0.2) is 91.0 Å². The monoisotopic (exact) mass is 419 g/mol. The predicted octanol–water partition coefficient (Wildman–Crippen LogP) is 4.34. The molecule has 0 aromatic heterocycles. The highest BCUT2D eigenvalue weighted by Gasteiger charge is 2.44. The molecule has 3 aromatic carbocycles. The number of amides is 1. The van der Waals surface area contributed by atoms with Crippen LogP contribution in [0.3, 0.4) is 0 Å². The van der Waals surface area contributed by atoms with Gasteiger partial charge in [0.1, 0.15) is 11.5 Å². The molecule has 1 amide bonds. The fraction of sp³-hybridized carbons (Fsp3) is 0.200. The van der Waals surface area contributed by atoms with Crippen molar-refractivity contribution in [2.75, 3.05) is 12.0 Å². The summed E-state index contributed by atoms with van der Waals surface area (Å²) in [5.41, 5.74) is 1.19. The van der Waals surface area contributed by atoms with Crippen molar-refractivity contribution in [2.24, 2.45) is 0 Å². The summed E-state index contributed by atoms with van der Waals surface area (Å²) in [6, 6.07) is 27.6. The molecule has 30 heavy (non-hydrogen) atoms. The van der Waals surface area contributed by atoms with Crippen molar-refractivity contribution in [3.63, 3.8) is 0 Å². The molecular weight excluding hydrogens is 394 g/mol. The molecule has 4 nitrogen and oxygen atoms in total. The van der Waals surface area contributed by atoms with Crippen molar-refractivity contribution >= 4 is 23.6 Å². The Balaban J connectivity index is 2.20. The molecule has 1 atom stereocenters. The molecule has 0 bridgehead atoms. The van der Waals surface area contributed by atoms with Gasteiger partial charge in [-0.3, -0.25) is 4.79 Å². The zero-order chi connectivity index (χ0) is 21.4. The average Bonchev–Trinajstić information content (AvgIpc) is 2.79. The molecule has 0 aliphatic rings. The van der Waals surface area contributed by atoms with E-state index in [1.807, 2.05) is 97.3 Å². The van der Waals surface area contributed by atoms with Crippen LogP contribution in [0.2, 0.25) is 0 Å². The summed E-state index contributed by atoms with van der Waals surface area (Å²) in [6.45, 7) is 0. The van der Waals surface area contributed by atoms with Gasteiger partial charge in [0.2, 0.25) is 5.91 Å². The second-order valence-corrected chi connectivity index (χ2v) is 7.98. The third-order valence-electron chi connectivity index (χ3n) is 5.18. The third-order valence-corrected chi connectivity index (χ3v) is 5.82. The zero-order valence-corrected chi connectivity index (χ0v) is 17.6. The van der Waals surface area contributed by atoms with Crippen LogP contribution in [-0.4, -0.2) is 35.0 Å². The standard InChI is InChI=1S/C25H25NO3S/c1-30-18-17-22(23(27)28)26-24(29)25(19-11-5-2-6-12-19,20-13-7-3-8-14-20)21-15-9-4-10-16-21/h2-16,22H,17-18H2,1H3,(H,26,29)(H,27,28)/t22-/m0/s1. The van der Waals surface area contributed by atoms with E-state index in [1.54, 1.807) is 11.8 Å². The van der Waals surface area contributed by atoms with Crippen molar-refractivity contribution in [1.29, 1.82) is 0 Å². The minimum Gasteiger partial charge on any atom is -0.480 e. The number of carboxylic acids is 1. The van der Waals surface area contributed by atoms with Crippen LogP contribution in [0.4, 0.5) is 0 Å². The van der Waals surface area contributed by atoms with E-state index in [9.17, 15) is 14.7 Å². The highest BCUT2D eigenvalue weighted by atomic mass is 32.2. The summed E-state index contributed by atoms with van der Waals surface area (Å²) in [5.74, 6) is -0.730. The number of hydrogen-bond acceptors (Lipinski definition) is 3. The lowest BCUT2D eigenvalue weighted by Crippen LogP contribution is -2.52. The number of carboxylic acid groups (broad SMARTS) is 1. The summed E-state index contributed by atoms with van der Waals surface area (Å²) in [7, 11) is 0. The van der Waals surface area contributed by atoms with Crippen molar-refractivity contribution in [1.82, 2.24) is 5.32 Å². The number of aliphatic carboxylic acids is 1. The smallest absolute Gasteiger partial charge is 0.326 e. The Morgan fingerprint density at radius 1 is 0.833 bits per heavy atom. The Morgan fingerprint density at radius 3 is 1.57 bits per heavy atom. The van der Waals surface area contributed by atoms with Gasteiger partial charge in [0.25, 0.3) is 0 Å². The minimum absolute atomic E-state index is 0.348. The number of hydrogen-bond donors (Lipinski definition) is 2. The summed E-state index contributed by atoms with van der Waals surface area (Å²) in [6.07, 6.45) is 2.28. The molecule has 2 N–H and O–H groups in total. The number of benzene rings is 3. The molecule has 0 saturated heterocycles. The summed E-state index contributed by atoms with van der Waals surface area (Å²) in [4.78, 5) is 25.8. The van der Waals surface area contributed by atoms with E-state index in [4.69, 9.17) is 0 Å². The summed E-state index contributed by atoms with van der Waals surface area (Å²) >= 11 is 1.56. The van der Waals surface area contributed by atoms with E-state index in [-0.39, 0.29) is 5.91 Å². The maximum atomic E-state index is 14.0. The van der Waals surface area contributed by atoms with Gasteiger partial charge in [-0.15, -0.1) is 0 Å². The summed E-state index contributed by atoms with van der Waals surface area (Å²) in [5, 5.41) is 12.5. The fourth-order valence-electron chi connectivity index (χ4n) is 3.72. The number of rotatable bonds is 9. The van der Waals surface area contributed by atoms with Gasteiger partial charge < -0.3 is 10.4 Å². The maximum absolute atomic E-state index is 14.0. The van der Waals surface area contributed by atoms with Crippen molar-refractivity contribution in [3.8, 4) is 0 Å². The van der Waals surface area contributed by atoms with E-state index in [1.165, 1.54) is 0 Å². The topological polar surface area (TPSA) is 66.4 Å². The number of thioether (sulfide) groups is 1. The number of nitrogens with one attached hydrogen (secondary N) is 1. The second-order valence-electron chi connectivity index (χ2n) is 6.99. The molecule has 3 rings (SSSR count). The molecule has 0 aliphatic carbocycles. The number of carbonyl (C=O) groups is 2. The highest BCUT2D eigenvalue weighted by Crippen LogP contribution is 2.39. The first kappa shape index (κ1) is 21.7. The van der Waals surface area contributed by atoms with Crippen molar-refractivity contribution < 1.29 is 14.7 Å². The quantitative estimate of drug-likeness (QED) is 0.506. The van der Waals surface area contributed by atoms with Crippen LogP contribution >= 0.6 is 11.8 Å². The van der Waals surface area contributed by atoms with E-state index < -0.39 is 17.4 Å². The normalized spacial score (nSPS) is 12.2. The Kier molecular flexibility index (Phi) is 7.31. The van der Waals surface area contributed by atoms with Gasteiger partial charge in [0.05, 0.1) is 0 Å². The molecule has 0 saturated carbocycles. The number of carbonyl (C=O) groups excluding carboxylic acids is 1. The van der Waals surface area contributed by atoms with Gasteiger partial charge in [-0.2, -0.15) is 11.8 Å².